The third kappa shape index (κ3) is 3.76. The van der Waals surface area contributed by atoms with Gasteiger partial charge in [0.05, 0.1) is 12.7 Å². The summed E-state index contributed by atoms with van der Waals surface area (Å²) >= 11 is 0. The minimum Gasteiger partial charge on any atom is -0.496 e. The molecule has 0 bridgehead atoms. The van der Waals surface area contributed by atoms with Crippen molar-refractivity contribution >= 4 is 0 Å². The first kappa shape index (κ1) is 20.6. The number of aliphatic hydroxyl groups is 1. The number of piperidine rings is 1. The normalized spacial score (nSPS) is 26.4. The van der Waals surface area contributed by atoms with Gasteiger partial charge in [-0.25, -0.2) is 0 Å². The van der Waals surface area contributed by atoms with Gasteiger partial charge in [0.1, 0.15) is 5.75 Å². The first-order chi connectivity index (χ1) is 14.4. The zero-order valence-corrected chi connectivity index (χ0v) is 18.2. The molecule has 3 nitrogen and oxygen atoms in total. The number of hydrogen-bond donors (Lipinski definition) is 2. The summed E-state index contributed by atoms with van der Waals surface area (Å²) in [6, 6.07) is 25.1. The van der Waals surface area contributed by atoms with Gasteiger partial charge in [0, 0.05) is 30.0 Å². The molecule has 4 rings (SSSR count). The van der Waals surface area contributed by atoms with Crippen molar-refractivity contribution in [2.45, 2.75) is 44.9 Å². The maximum absolute atomic E-state index is 12.2. The fourth-order valence-electron chi connectivity index (χ4n) is 4.72. The number of methoxy groups -OCH3 is 1. The van der Waals surface area contributed by atoms with Crippen LogP contribution in [0.5, 0.6) is 5.75 Å². The standard InChI is InChI=1S/C27H31NO2/c1-18-9-13-21(14-10-18)24-17-27(29,23-7-5-6-8-25(23)30-4)20(3)26(28-24)22-15-11-19(2)12-16-22/h5-16,20,24,26,28-29H,17H2,1-4H3/t20-,24-,26-,27-/m1/s1. The first-order valence-corrected chi connectivity index (χ1v) is 10.7. The molecule has 0 aliphatic carbocycles. The van der Waals surface area contributed by atoms with E-state index < -0.39 is 5.60 Å². The fraction of sp³-hybridized carbons (Fsp3) is 0.333. The molecule has 1 saturated heterocycles. The van der Waals surface area contributed by atoms with Crippen molar-refractivity contribution in [3.8, 4) is 5.75 Å². The minimum absolute atomic E-state index is 0.0144. The van der Waals surface area contributed by atoms with E-state index in [-0.39, 0.29) is 18.0 Å². The lowest BCUT2D eigenvalue weighted by Crippen LogP contribution is -2.50. The summed E-state index contributed by atoms with van der Waals surface area (Å²) in [5.74, 6) is 0.692. The minimum atomic E-state index is -1.02. The lowest BCUT2D eigenvalue weighted by Gasteiger charge is -2.48. The van der Waals surface area contributed by atoms with Gasteiger partial charge in [-0.3, -0.25) is 0 Å². The van der Waals surface area contributed by atoms with E-state index in [9.17, 15) is 5.11 Å². The fourth-order valence-corrected chi connectivity index (χ4v) is 4.72. The Labute approximate surface area is 179 Å². The number of para-hydroxylation sites is 1. The Morgan fingerprint density at radius 3 is 2.03 bits per heavy atom. The van der Waals surface area contributed by atoms with Gasteiger partial charge in [-0.15, -0.1) is 0 Å². The van der Waals surface area contributed by atoms with E-state index in [4.69, 9.17) is 4.74 Å². The third-order valence-corrected chi connectivity index (χ3v) is 6.64. The maximum atomic E-state index is 12.2. The Bertz CT molecular complexity index is 996. The van der Waals surface area contributed by atoms with Gasteiger partial charge in [-0.2, -0.15) is 0 Å². The molecule has 0 unspecified atom stereocenters. The van der Waals surface area contributed by atoms with Gasteiger partial charge in [-0.1, -0.05) is 84.8 Å². The van der Waals surface area contributed by atoms with Crippen molar-refractivity contribution in [2.75, 3.05) is 7.11 Å². The zero-order chi connectivity index (χ0) is 21.3. The number of ether oxygens (including phenoxy) is 1. The van der Waals surface area contributed by atoms with Crippen LogP contribution < -0.4 is 10.1 Å². The molecule has 0 amide bonds. The monoisotopic (exact) mass is 401 g/mol. The smallest absolute Gasteiger partial charge is 0.124 e. The Kier molecular flexibility index (Phi) is 5.68. The van der Waals surface area contributed by atoms with Crippen LogP contribution in [0.3, 0.4) is 0 Å². The van der Waals surface area contributed by atoms with E-state index in [0.717, 1.165) is 11.3 Å². The molecule has 0 aromatic heterocycles. The summed E-state index contributed by atoms with van der Waals surface area (Å²) in [4.78, 5) is 0. The van der Waals surface area contributed by atoms with Crippen LogP contribution in [-0.4, -0.2) is 12.2 Å². The molecule has 2 N–H and O–H groups in total. The molecule has 3 heteroatoms. The van der Waals surface area contributed by atoms with Gasteiger partial charge in [0.2, 0.25) is 0 Å². The highest BCUT2D eigenvalue weighted by Crippen LogP contribution is 2.50. The molecular formula is C27H31NO2. The Morgan fingerprint density at radius 1 is 0.867 bits per heavy atom. The van der Waals surface area contributed by atoms with Crippen molar-refractivity contribution in [1.29, 1.82) is 0 Å². The maximum Gasteiger partial charge on any atom is 0.124 e. The largest absolute Gasteiger partial charge is 0.496 e. The molecule has 1 aliphatic rings. The molecule has 156 valence electrons. The van der Waals surface area contributed by atoms with E-state index in [2.05, 4.69) is 74.6 Å². The van der Waals surface area contributed by atoms with Gasteiger partial charge in [0.25, 0.3) is 0 Å². The van der Waals surface area contributed by atoms with Crippen LogP contribution in [0.1, 0.15) is 53.2 Å². The van der Waals surface area contributed by atoms with Crippen LogP contribution in [-0.2, 0) is 5.60 Å². The van der Waals surface area contributed by atoms with Crippen LogP contribution >= 0.6 is 0 Å². The number of rotatable bonds is 4. The van der Waals surface area contributed by atoms with Gasteiger partial charge in [0.15, 0.2) is 0 Å². The summed E-state index contributed by atoms with van der Waals surface area (Å²) in [5.41, 5.74) is 4.69. The number of aryl methyl sites for hydroxylation is 2. The molecule has 30 heavy (non-hydrogen) atoms. The molecular weight excluding hydrogens is 370 g/mol. The molecule has 0 radical (unpaired) electrons. The van der Waals surface area contributed by atoms with Crippen molar-refractivity contribution in [3.63, 3.8) is 0 Å². The quantitative estimate of drug-likeness (QED) is 0.597. The van der Waals surface area contributed by atoms with Crippen LogP contribution in [0.25, 0.3) is 0 Å². The average Bonchev–Trinajstić information content (AvgIpc) is 2.77. The molecule has 1 aliphatic heterocycles. The molecule has 0 saturated carbocycles. The molecule has 4 atom stereocenters. The zero-order valence-electron chi connectivity index (χ0n) is 18.2. The lowest BCUT2D eigenvalue weighted by atomic mass is 9.68. The van der Waals surface area contributed by atoms with Crippen LogP contribution in [0.2, 0.25) is 0 Å². The third-order valence-electron chi connectivity index (χ3n) is 6.64. The molecule has 3 aromatic rings. The summed E-state index contributed by atoms with van der Waals surface area (Å²) in [5, 5.41) is 16.0. The van der Waals surface area contributed by atoms with Crippen molar-refractivity contribution in [1.82, 2.24) is 5.32 Å². The second-order valence-electron chi connectivity index (χ2n) is 8.64. The molecule has 0 spiro atoms. The highest BCUT2D eigenvalue weighted by Gasteiger charge is 2.48. The molecule has 1 heterocycles. The van der Waals surface area contributed by atoms with E-state index >= 15 is 0 Å². The summed E-state index contributed by atoms with van der Waals surface area (Å²) in [6.45, 7) is 6.33. The predicted octanol–water partition coefficient (Wildman–Crippen LogP) is 5.61. The SMILES string of the molecule is COc1ccccc1[C@@]1(O)C[C@H](c2ccc(C)cc2)N[C@@H](c2ccc(C)cc2)[C@H]1C. The second kappa shape index (κ2) is 8.25. The highest BCUT2D eigenvalue weighted by molar-refractivity contribution is 5.41. The first-order valence-electron chi connectivity index (χ1n) is 10.7. The van der Waals surface area contributed by atoms with E-state index in [1.54, 1.807) is 7.11 Å². The Hall–Kier alpha value is -2.62. The lowest BCUT2D eigenvalue weighted by molar-refractivity contribution is -0.0755. The molecule has 3 aromatic carbocycles. The summed E-state index contributed by atoms with van der Waals surface area (Å²) in [7, 11) is 1.67. The van der Waals surface area contributed by atoms with E-state index in [0.29, 0.717) is 6.42 Å². The van der Waals surface area contributed by atoms with Crippen LogP contribution in [0.15, 0.2) is 72.8 Å². The highest BCUT2D eigenvalue weighted by atomic mass is 16.5. The van der Waals surface area contributed by atoms with Crippen LogP contribution in [0, 0.1) is 19.8 Å². The van der Waals surface area contributed by atoms with Crippen molar-refractivity contribution < 1.29 is 9.84 Å². The van der Waals surface area contributed by atoms with E-state index in [1.165, 1.54) is 22.3 Å². The number of benzene rings is 3. The predicted molar refractivity (Wildman–Crippen MR) is 122 cm³/mol. The van der Waals surface area contributed by atoms with E-state index in [1.807, 2.05) is 24.3 Å². The molecule has 1 fully saturated rings. The van der Waals surface area contributed by atoms with Crippen LogP contribution in [0.4, 0.5) is 0 Å². The Morgan fingerprint density at radius 2 is 1.43 bits per heavy atom. The summed E-state index contributed by atoms with van der Waals surface area (Å²) in [6.07, 6.45) is 0.583. The topological polar surface area (TPSA) is 41.5 Å². The Balaban J connectivity index is 1.81. The number of nitrogens with one attached hydrogen (secondary N) is 1. The van der Waals surface area contributed by atoms with Crippen molar-refractivity contribution in [2.24, 2.45) is 5.92 Å². The van der Waals surface area contributed by atoms with Crippen molar-refractivity contribution in [3.05, 3.63) is 101 Å². The van der Waals surface area contributed by atoms with Gasteiger partial charge in [-0.05, 0) is 31.0 Å². The number of hydrogen-bond acceptors (Lipinski definition) is 3. The second-order valence-corrected chi connectivity index (χ2v) is 8.64. The summed E-state index contributed by atoms with van der Waals surface area (Å²) < 4.78 is 5.65. The van der Waals surface area contributed by atoms with Gasteiger partial charge < -0.3 is 15.2 Å². The average molecular weight is 402 g/mol. The van der Waals surface area contributed by atoms with Gasteiger partial charge >= 0.3 is 0 Å².